The minimum atomic E-state index is -1.10. The van der Waals surface area contributed by atoms with Crippen molar-refractivity contribution in [2.75, 3.05) is 0 Å². The fourth-order valence-electron chi connectivity index (χ4n) is 1.59. The van der Waals surface area contributed by atoms with E-state index in [9.17, 15) is 19.7 Å². The van der Waals surface area contributed by atoms with Gasteiger partial charge in [-0.1, -0.05) is 19.8 Å². The molecular formula is C11H16N4O5. The van der Waals surface area contributed by atoms with Crippen LogP contribution in [0, 0.1) is 10.1 Å². The molecule has 1 aromatic heterocycles. The number of nitrogens with one attached hydrogen (secondary N) is 1. The number of carboxylic acid groups (broad SMARTS) is 1. The number of nitro groups is 1. The molecule has 9 nitrogen and oxygen atoms in total. The van der Waals surface area contributed by atoms with Crippen LogP contribution in [-0.4, -0.2) is 37.7 Å². The van der Waals surface area contributed by atoms with E-state index >= 15 is 0 Å². The lowest BCUT2D eigenvalue weighted by atomic mass is 10.1. The predicted octanol–water partition coefficient (Wildman–Crippen LogP) is 0.551. The van der Waals surface area contributed by atoms with Crippen LogP contribution in [0.4, 0.5) is 5.82 Å². The van der Waals surface area contributed by atoms with Crippen molar-refractivity contribution in [3.05, 3.63) is 22.4 Å². The number of rotatable bonds is 8. The molecule has 0 spiro atoms. The maximum Gasteiger partial charge on any atom is 0.389 e. The zero-order valence-corrected chi connectivity index (χ0v) is 11.0. The summed E-state index contributed by atoms with van der Waals surface area (Å²) >= 11 is 0. The van der Waals surface area contributed by atoms with Gasteiger partial charge in [0, 0.05) is 0 Å². The van der Waals surface area contributed by atoms with Crippen LogP contribution in [0.5, 0.6) is 0 Å². The maximum atomic E-state index is 11.7. The Morgan fingerprint density at radius 3 is 2.80 bits per heavy atom. The molecule has 0 radical (unpaired) electrons. The van der Waals surface area contributed by atoms with E-state index in [-0.39, 0.29) is 12.4 Å². The first-order valence-electron chi connectivity index (χ1n) is 6.14. The molecule has 0 unspecified atom stereocenters. The lowest BCUT2D eigenvalue weighted by Crippen LogP contribution is -2.42. The number of nitrogens with zero attached hydrogens (tertiary/aromatic N) is 3. The molecule has 0 aliphatic heterocycles. The van der Waals surface area contributed by atoms with Crippen LogP contribution in [-0.2, 0) is 16.1 Å². The molecule has 0 fully saturated rings. The van der Waals surface area contributed by atoms with Crippen molar-refractivity contribution in [3.63, 3.8) is 0 Å². The summed E-state index contributed by atoms with van der Waals surface area (Å²) in [5, 5.41) is 25.3. The number of carbonyl (C=O) groups excluding carboxylic acids is 1. The first-order valence-corrected chi connectivity index (χ1v) is 6.14. The average Bonchev–Trinajstić information content (AvgIpc) is 2.82. The summed E-state index contributed by atoms with van der Waals surface area (Å²) in [6, 6.07) is 0.215. The molecule has 1 aromatic rings. The van der Waals surface area contributed by atoms with Crippen molar-refractivity contribution in [2.45, 2.75) is 38.8 Å². The fourth-order valence-corrected chi connectivity index (χ4v) is 1.59. The van der Waals surface area contributed by atoms with E-state index in [4.69, 9.17) is 5.11 Å². The number of amides is 1. The molecule has 9 heteroatoms. The quantitative estimate of drug-likeness (QED) is 0.530. The lowest BCUT2D eigenvalue weighted by Gasteiger charge is -2.13. The Labute approximate surface area is 114 Å². The molecule has 0 aromatic carbocycles. The third-order valence-corrected chi connectivity index (χ3v) is 2.60. The van der Waals surface area contributed by atoms with Gasteiger partial charge in [-0.05, 0) is 11.3 Å². The van der Waals surface area contributed by atoms with Crippen molar-refractivity contribution < 1.29 is 19.6 Å². The molecule has 0 aliphatic carbocycles. The molecule has 1 amide bonds. The Morgan fingerprint density at radius 1 is 1.60 bits per heavy atom. The Hall–Kier alpha value is -2.45. The topological polar surface area (TPSA) is 127 Å². The smallest absolute Gasteiger partial charge is 0.389 e. The monoisotopic (exact) mass is 284 g/mol. The number of unbranched alkanes of at least 4 members (excludes halogenated alkanes) is 1. The van der Waals surface area contributed by atoms with Crippen molar-refractivity contribution in [3.8, 4) is 0 Å². The lowest BCUT2D eigenvalue weighted by molar-refractivity contribution is -0.389. The SMILES string of the molecule is CCCC[C@H](NC(=O)Cn1ccc([N+](=O)[O-])n1)C(=O)O. The van der Waals surface area contributed by atoms with Gasteiger partial charge < -0.3 is 20.5 Å². The van der Waals surface area contributed by atoms with E-state index in [1.807, 2.05) is 6.92 Å². The highest BCUT2D eigenvalue weighted by Gasteiger charge is 2.20. The van der Waals surface area contributed by atoms with Crippen molar-refractivity contribution in [2.24, 2.45) is 0 Å². The van der Waals surface area contributed by atoms with E-state index in [1.165, 1.54) is 12.3 Å². The van der Waals surface area contributed by atoms with Crippen molar-refractivity contribution in [1.82, 2.24) is 15.1 Å². The molecule has 110 valence electrons. The number of hydrogen-bond donors (Lipinski definition) is 2. The molecule has 0 saturated carbocycles. The molecule has 20 heavy (non-hydrogen) atoms. The maximum absolute atomic E-state index is 11.7. The van der Waals surface area contributed by atoms with E-state index in [2.05, 4.69) is 10.4 Å². The minimum absolute atomic E-state index is 0.260. The van der Waals surface area contributed by atoms with Crippen LogP contribution in [0.2, 0.25) is 0 Å². The Morgan fingerprint density at radius 2 is 2.30 bits per heavy atom. The summed E-state index contributed by atoms with van der Waals surface area (Å²) in [5.74, 6) is -2.01. The van der Waals surface area contributed by atoms with Gasteiger partial charge in [-0.3, -0.25) is 4.79 Å². The summed E-state index contributed by atoms with van der Waals surface area (Å²) < 4.78 is 1.09. The van der Waals surface area contributed by atoms with Crippen molar-refractivity contribution in [1.29, 1.82) is 0 Å². The summed E-state index contributed by atoms with van der Waals surface area (Å²) in [7, 11) is 0. The zero-order chi connectivity index (χ0) is 15.1. The highest BCUT2D eigenvalue weighted by atomic mass is 16.6. The Kier molecular flexibility index (Phi) is 5.63. The van der Waals surface area contributed by atoms with E-state index < -0.39 is 22.8 Å². The first kappa shape index (κ1) is 15.6. The van der Waals surface area contributed by atoms with Gasteiger partial charge in [0.1, 0.15) is 12.6 Å². The largest absolute Gasteiger partial charge is 0.480 e. The average molecular weight is 284 g/mol. The first-order chi connectivity index (χ1) is 9.43. The van der Waals surface area contributed by atoms with E-state index in [1.54, 1.807) is 0 Å². The fraction of sp³-hybridized carbons (Fsp3) is 0.545. The molecule has 2 N–H and O–H groups in total. The van der Waals surface area contributed by atoms with Crippen LogP contribution in [0.1, 0.15) is 26.2 Å². The van der Waals surface area contributed by atoms with Gasteiger partial charge >= 0.3 is 11.8 Å². The molecule has 1 heterocycles. The molecule has 0 bridgehead atoms. The Balaban J connectivity index is 2.56. The number of aliphatic carboxylic acids is 1. The Bertz CT molecular complexity index is 499. The van der Waals surface area contributed by atoms with Gasteiger partial charge in [-0.25, -0.2) is 4.79 Å². The van der Waals surface area contributed by atoms with Crippen molar-refractivity contribution >= 4 is 17.7 Å². The molecule has 0 saturated heterocycles. The summed E-state index contributed by atoms with van der Waals surface area (Å²) in [6.07, 6.45) is 3.14. The number of carbonyl (C=O) groups is 2. The second-order valence-corrected chi connectivity index (χ2v) is 4.23. The third-order valence-electron chi connectivity index (χ3n) is 2.60. The summed E-state index contributed by atoms with van der Waals surface area (Å²) in [5.41, 5.74) is 0. The van der Waals surface area contributed by atoms with Gasteiger partial charge in [0.05, 0.1) is 17.4 Å². The minimum Gasteiger partial charge on any atom is -0.480 e. The van der Waals surface area contributed by atoms with Crippen LogP contribution in [0.3, 0.4) is 0 Å². The molecule has 1 rings (SSSR count). The van der Waals surface area contributed by atoms with Crippen LogP contribution < -0.4 is 5.32 Å². The van der Waals surface area contributed by atoms with E-state index in [0.717, 1.165) is 11.1 Å². The second-order valence-electron chi connectivity index (χ2n) is 4.23. The van der Waals surface area contributed by atoms with Crippen LogP contribution in [0.25, 0.3) is 0 Å². The summed E-state index contributed by atoms with van der Waals surface area (Å²) in [4.78, 5) is 32.4. The number of hydrogen-bond acceptors (Lipinski definition) is 5. The number of aromatic nitrogens is 2. The molecule has 1 atom stereocenters. The van der Waals surface area contributed by atoms with Gasteiger partial charge in [-0.2, -0.15) is 4.68 Å². The zero-order valence-electron chi connectivity index (χ0n) is 11.0. The van der Waals surface area contributed by atoms with Crippen LogP contribution >= 0.6 is 0 Å². The predicted molar refractivity (Wildman–Crippen MR) is 68.0 cm³/mol. The second kappa shape index (κ2) is 7.22. The third kappa shape index (κ3) is 4.67. The van der Waals surface area contributed by atoms with Gasteiger partial charge in [0.15, 0.2) is 0 Å². The molecular weight excluding hydrogens is 268 g/mol. The van der Waals surface area contributed by atoms with Gasteiger partial charge in [-0.15, -0.1) is 0 Å². The molecule has 0 aliphatic rings. The van der Waals surface area contributed by atoms with Gasteiger partial charge in [0.2, 0.25) is 5.91 Å². The number of carboxylic acids is 1. The van der Waals surface area contributed by atoms with Gasteiger partial charge in [0.25, 0.3) is 0 Å². The normalized spacial score (nSPS) is 11.8. The van der Waals surface area contributed by atoms with E-state index in [0.29, 0.717) is 12.8 Å². The highest BCUT2D eigenvalue weighted by molar-refractivity contribution is 5.83. The summed E-state index contributed by atoms with van der Waals surface area (Å²) in [6.45, 7) is 1.66. The highest BCUT2D eigenvalue weighted by Crippen LogP contribution is 2.05. The van der Waals surface area contributed by atoms with Crippen LogP contribution in [0.15, 0.2) is 12.3 Å². The standard InChI is InChI=1S/C11H16N4O5/c1-2-3-4-8(11(17)18)12-10(16)7-14-6-5-9(13-14)15(19)20/h5-6,8H,2-4,7H2,1H3,(H,12,16)(H,17,18)/t8-/m0/s1.